The molecule has 0 amide bonds. The number of rotatable bonds is 3. The summed E-state index contributed by atoms with van der Waals surface area (Å²) in [5.74, 6) is 0.288. The van der Waals surface area contributed by atoms with Crippen LogP contribution in [0.3, 0.4) is 0 Å². The van der Waals surface area contributed by atoms with E-state index in [1.54, 1.807) is 15.9 Å². The summed E-state index contributed by atoms with van der Waals surface area (Å²) in [7, 11) is 0. The molecule has 1 aromatic carbocycles. The highest BCUT2D eigenvalue weighted by atomic mass is 32.2. The van der Waals surface area contributed by atoms with E-state index in [0.717, 1.165) is 54.4 Å². The van der Waals surface area contributed by atoms with E-state index in [1.807, 2.05) is 30.3 Å². The number of carbonyl (C=O) groups is 1. The quantitative estimate of drug-likeness (QED) is 0.575. The van der Waals surface area contributed by atoms with Crippen LogP contribution in [-0.4, -0.2) is 20.6 Å². The van der Waals surface area contributed by atoms with Gasteiger partial charge < -0.3 is 0 Å². The molecule has 2 heterocycles. The fourth-order valence-electron chi connectivity index (χ4n) is 4.27. The first-order valence-electron chi connectivity index (χ1n) is 10.0. The normalized spacial score (nSPS) is 19.7. The molecule has 5 rings (SSSR count). The van der Waals surface area contributed by atoms with Crippen molar-refractivity contribution in [1.29, 1.82) is 0 Å². The first-order chi connectivity index (χ1) is 13.7. The lowest BCUT2D eigenvalue weighted by atomic mass is 9.97. The van der Waals surface area contributed by atoms with Crippen LogP contribution in [-0.2, 0) is 17.6 Å². The molecule has 28 heavy (non-hydrogen) atoms. The van der Waals surface area contributed by atoms with Gasteiger partial charge >= 0.3 is 0 Å². The number of aryl methyl sites for hydroxylation is 2. The summed E-state index contributed by atoms with van der Waals surface area (Å²) in [5, 5.41) is 1.35. The number of Topliss-reactive ketones (excluding diaryl/α,β-unsaturated/α-hetero) is 1. The van der Waals surface area contributed by atoms with E-state index in [9.17, 15) is 9.59 Å². The Balaban J connectivity index is 1.71. The van der Waals surface area contributed by atoms with Crippen LogP contribution >= 0.6 is 23.1 Å². The van der Waals surface area contributed by atoms with E-state index >= 15 is 0 Å². The van der Waals surface area contributed by atoms with E-state index in [-0.39, 0.29) is 16.6 Å². The highest BCUT2D eigenvalue weighted by Gasteiger charge is 2.28. The molecule has 2 aliphatic carbocycles. The van der Waals surface area contributed by atoms with Crippen molar-refractivity contribution < 1.29 is 4.79 Å². The first kappa shape index (κ1) is 18.1. The second-order valence-electron chi connectivity index (χ2n) is 7.58. The van der Waals surface area contributed by atoms with Gasteiger partial charge in [-0.1, -0.05) is 36.4 Å². The van der Waals surface area contributed by atoms with E-state index in [2.05, 4.69) is 0 Å². The standard InChI is InChI=1S/C22H22N2O2S2/c25-16-11-5-7-13-18(16)28-22-23-20-19(15-10-4-6-12-17(15)27-20)21(26)24(22)14-8-2-1-3-9-14/h1-3,8-9,18H,4-7,10-13H2/t18-/m0/s1. The number of para-hydroxylation sites is 1. The molecule has 6 heteroatoms. The van der Waals surface area contributed by atoms with E-state index in [1.165, 1.54) is 28.6 Å². The maximum absolute atomic E-state index is 13.6. The Bertz CT molecular complexity index is 1100. The van der Waals surface area contributed by atoms with Gasteiger partial charge in [-0.2, -0.15) is 0 Å². The Morgan fingerprint density at radius 2 is 1.79 bits per heavy atom. The molecule has 0 spiro atoms. The number of thiophene rings is 1. The highest BCUT2D eigenvalue weighted by Crippen LogP contribution is 2.37. The minimum absolute atomic E-state index is 0.0151. The van der Waals surface area contributed by atoms with E-state index in [0.29, 0.717) is 11.6 Å². The largest absolute Gasteiger partial charge is 0.298 e. The third-order valence-electron chi connectivity index (χ3n) is 5.72. The third-order valence-corrected chi connectivity index (χ3v) is 8.17. The molecule has 2 aliphatic rings. The Morgan fingerprint density at radius 3 is 2.61 bits per heavy atom. The van der Waals surface area contributed by atoms with Crippen molar-refractivity contribution in [2.45, 2.75) is 61.8 Å². The number of thioether (sulfide) groups is 1. The van der Waals surface area contributed by atoms with Gasteiger partial charge in [0.1, 0.15) is 10.6 Å². The molecule has 0 aliphatic heterocycles. The number of nitrogens with zero attached hydrogens (tertiary/aromatic N) is 2. The lowest BCUT2D eigenvalue weighted by Crippen LogP contribution is -2.26. The molecule has 3 aromatic rings. The molecular weight excluding hydrogens is 388 g/mol. The number of aromatic nitrogens is 2. The maximum Gasteiger partial charge on any atom is 0.267 e. The SMILES string of the molecule is O=C1CCCC[C@@H]1Sc1nc2sc3c(c2c(=O)n1-c1ccccc1)CCCC3. The van der Waals surface area contributed by atoms with Crippen LogP contribution in [0.15, 0.2) is 40.3 Å². The summed E-state index contributed by atoms with van der Waals surface area (Å²) in [5.41, 5.74) is 2.04. The summed E-state index contributed by atoms with van der Waals surface area (Å²) in [6.45, 7) is 0. The Labute approximate surface area is 172 Å². The number of benzene rings is 1. The van der Waals surface area contributed by atoms with Gasteiger partial charge in [0.2, 0.25) is 0 Å². The van der Waals surface area contributed by atoms with Crippen molar-refractivity contribution in [2.75, 3.05) is 0 Å². The number of hydrogen-bond donors (Lipinski definition) is 0. The minimum atomic E-state index is -0.0948. The molecule has 4 nitrogen and oxygen atoms in total. The minimum Gasteiger partial charge on any atom is -0.298 e. The van der Waals surface area contributed by atoms with Crippen molar-refractivity contribution in [3.63, 3.8) is 0 Å². The lowest BCUT2D eigenvalue weighted by molar-refractivity contribution is -0.119. The summed E-state index contributed by atoms with van der Waals surface area (Å²) in [6, 6.07) is 9.72. The van der Waals surface area contributed by atoms with Crippen LogP contribution in [0.25, 0.3) is 15.9 Å². The van der Waals surface area contributed by atoms with Crippen molar-refractivity contribution in [2.24, 2.45) is 0 Å². The molecule has 1 atom stereocenters. The zero-order chi connectivity index (χ0) is 19.1. The van der Waals surface area contributed by atoms with Crippen LogP contribution in [0.2, 0.25) is 0 Å². The molecule has 1 fully saturated rings. The average molecular weight is 411 g/mol. The lowest BCUT2D eigenvalue weighted by Gasteiger charge is -2.21. The molecule has 2 aromatic heterocycles. The zero-order valence-corrected chi connectivity index (χ0v) is 17.3. The van der Waals surface area contributed by atoms with Crippen molar-refractivity contribution in [1.82, 2.24) is 9.55 Å². The van der Waals surface area contributed by atoms with Gasteiger partial charge in [-0.15, -0.1) is 11.3 Å². The van der Waals surface area contributed by atoms with Crippen molar-refractivity contribution in [3.05, 3.63) is 51.1 Å². The van der Waals surface area contributed by atoms with Gasteiger partial charge in [0.15, 0.2) is 5.16 Å². The summed E-state index contributed by atoms with van der Waals surface area (Å²) < 4.78 is 1.73. The Hall–Kier alpha value is -1.92. The monoisotopic (exact) mass is 410 g/mol. The molecule has 144 valence electrons. The maximum atomic E-state index is 13.6. The topological polar surface area (TPSA) is 52.0 Å². The number of carbonyl (C=O) groups excluding carboxylic acids is 1. The van der Waals surface area contributed by atoms with Gasteiger partial charge in [-0.05, 0) is 56.2 Å². The third kappa shape index (κ3) is 3.12. The summed E-state index contributed by atoms with van der Waals surface area (Å²) in [4.78, 5) is 33.2. The second kappa shape index (κ2) is 7.48. The number of fused-ring (bicyclic) bond motifs is 3. The molecule has 1 saturated carbocycles. The zero-order valence-electron chi connectivity index (χ0n) is 15.6. The van der Waals surface area contributed by atoms with Crippen LogP contribution in [0.5, 0.6) is 0 Å². The summed E-state index contributed by atoms with van der Waals surface area (Å²) in [6.07, 6.45) is 7.89. The van der Waals surface area contributed by atoms with E-state index < -0.39 is 0 Å². The molecule has 0 saturated heterocycles. The number of hydrogen-bond acceptors (Lipinski definition) is 5. The fraction of sp³-hybridized carbons (Fsp3) is 0.409. The highest BCUT2D eigenvalue weighted by molar-refractivity contribution is 8.00. The second-order valence-corrected chi connectivity index (χ2v) is 9.83. The van der Waals surface area contributed by atoms with Crippen LogP contribution in [0, 0.1) is 0 Å². The predicted molar refractivity (Wildman–Crippen MR) is 115 cm³/mol. The van der Waals surface area contributed by atoms with E-state index in [4.69, 9.17) is 4.98 Å². The average Bonchev–Trinajstić information content (AvgIpc) is 3.09. The smallest absolute Gasteiger partial charge is 0.267 e. The first-order valence-corrected chi connectivity index (χ1v) is 11.7. The summed E-state index contributed by atoms with van der Waals surface area (Å²) >= 11 is 3.15. The molecule has 0 bridgehead atoms. The van der Waals surface area contributed by atoms with Gasteiger partial charge in [0.05, 0.1) is 16.3 Å². The van der Waals surface area contributed by atoms with Crippen LogP contribution < -0.4 is 5.56 Å². The Kier molecular flexibility index (Phi) is 4.85. The van der Waals surface area contributed by atoms with Crippen LogP contribution in [0.1, 0.15) is 49.0 Å². The predicted octanol–water partition coefficient (Wildman–Crippen LogP) is 4.93. The Morgan fingerprint density at radius 1 is 1.00 bits per heavy atom. The molecule has 0 unspecified atom stereocenters. The fourth-order valence-corrected chi connectivity index (χ4v) is 6.81. The van der Waals surface area contributed by atoms with Gasteiger partial charge in [0, 0.05) is 11.3 Å². The molecular formula is C22H22N2O2S2. The molecule has 0 N–H and O–H groups in total. The van der Waals surface area contributed by atoms with Crippen molar-refractivity contribution in [3.8, 4) is 5.69 Å². The van der Waals surface area contributed by atoms with Gasteiger partial charge in [-0.25, -0.2) is 4.98 Å². The molecule has 0 radical (unpaired) electrons. The van der Waals surface area contributed by atoms with Gasteiger partial charge in [0.25, 0.3) is 5.56 Å². The number of ketones is 1. The van der Waals surface area contributed by atoms with Gasteiger partial charge in [-0.3, -0.25) is 14.2 Å². The van der Waals surface area contributed by atoms with Crippen molar-refractivity contribution >= 4 is 39.1 Å². The van der Waals surface area contributed by atoms with Crippen LogP contribution in [0.4, 0.5) is 0 Å².